The van der Waals surface area contributed by atoms with E-state index in [9.17, 15) is 0 Å². The van der Waals surface area contributed by atoms with Crippen LogP contribution in [0.2, 0.25) is 0 Å². The Bertz CT molecular complexity index is 115. The van der Waals surface area contributed by atoms with Crippen LogP contribution < -0.4 is 10.6 Å². The fourth-order valence-corrected chi connectivity index (χ4v) is 1.57. The number of nitrogens with one attached hydrogen (secondary N) is 2. The zero-order chi connectivity index (χ0) is 9.36. The maximum absolute atomic E-state index is 8.53. The second-order valence-corrected chi connectivity index (χ2v) is 3.42. The monoisotopic (exact) mass is 187 g/mol. The van der Waals surface area contributed by atoms with Gasteiger partial charge in [-0.25, -0.2) is 0 Å². The van der Waals surface area contributed by atoms with Crippen LogP contribution in [0.5, 0.6) is 0 Å². The van der Waals surface area contributed by atoms with Crippen LogP contribution in [0.25, 0.3) is 0 Å². The Labute approximate surface area is 80.3 Å². The summed E-state index contributed by atoms with van der Waals surface area (Å²) in [6, 6.07) is 0. The summed E-state index contributed by atoms with van der Waals surface area (Å²) in [6.07, 6.45) is 1.18. The number of nitrogens with zero attached hydrogens (tertiary/aromatic N) is 1. The van der Waals surface area contributed by atoms with Crippen molar-refractivity contribution in [3.63, 3.8) is 0 Å². The van der Waals surface area contributed by atoms with E-state index in [1.54, 1.807) is 0 Å². The number of rotatable bonds is 6. The molecule has 0 radical (unpaired) electrons. The molecule has 1 aliphatic heterocycles. The van der Waals surface area contributed by atoms with Crippen LogP contribution in [0.15, 0.2) is 0 Å². The highest BCUT2D eigenvalue weighted by Gasteiger charge is 2.07. The van der Waals surface area contributed by atoms with E-state index >= 15 is 0 Å². The number of aliphatic hydroxyl groups is 1. The second kappa shape index (κ2) is 7.26. The predicted octanol–water partition coefficient (Wildman–Crippen LogP) is -1.14. The minimum absolute atomic E-state index is 0.244. The van der Waals surface area contributed by atoms with Gasteiger partial charge in [0.2, 0.25) is 0 Å². The van der Waals surface area contributed by atoms with Crippen LogP contribution in [0.3, 0.4) is 0 Å². The first-order chi connectivity index (χ1) is 6.43. The summed E-state index contributed by atoms with van der Waals surface area (Å²) in [5.74, 6) is 0. The smallest absolute Gasteiger partial charge is 0.0555 e. The lowest BCUT2D eigenvalue weighted by Crippen LogP contribution is -2.44. The first kappa shape index (κ1) is 10.9. The molecule has 0 spiro atoms. The Kier molecular flexibility index (Phi) is 6.10. The van der Waals surface area contributed by atoms with Gasteiger partial charge in [-0.2, -0.15) is 0 Å². The van der Waals surface area contributed by atoms with Gasteiger partial charge >= 0.3 is 0 Å². The third-order valence-corrected chi connectivity index (χ3v) is 2.33. The van der Waals surface area contributed by atoms with Crippen molar-refractivity contribution in [2.45, 2.75) is 6.42 Å². The third-order valence-electron chi connectivity index (χ3n) is 2.33. The van der Waals surface area contributed by atoms with E-state index in [0.717, 1.165) is 26.2 Å². The number of hydrogen-bond acceptors (Lipinski definition) is 4. The van der Waals surface area contributed by atoms with Crippen LogP contribution >= 0.6 is 0 Å². The van der Waals surface area contributed by atoms with Crippen molar-refractivity contribution in [3.8, 4) is 0 Å². The molecule has 1 aliphatic rings. The number of aliphatic hydroxyl groups excluding tert-OH is 1. The van der Waals surface area contributed by atoms with Gasteiger partial charge in [0, 0.05) is 32.7 Å². The molecule has 0 atom stereocenters. The van der Waals surface area contributed by atoms with Crippen LogP contribution in [-0.4, -0.2) is 62.4 Å². The lowest BCUT2D eigenvalue weighted by atomic mass is 10.3. The fraction of sp³-hybridized carbons (Fsp3) is 1.00. The molecule has 78 valence electrons. The van der Waals surface area contributed by atoms with Crippen LogP contribution in [0, 0.1) is 0 Å². The van der Waals surface area contributed by atoms with Gasteiger partial charge in [-0.1, -0.05) is 0 Å². The van der Waals surface area contributed by atoms with Gasteiger partial charge in [0.05, 0.1) is 6.61 Å². The van der Waals surface area contributed by atoms with Crippen LogP contribution in [0.1, 0.15) is 6.42 Å². The molecule has 0 saturated carbocycles. The van der Waals surface area contributed by atoms with Crippen molar-refractivity contribution in [2.75, 3.05) is 52.4 Å². The maximum Gasteiger partial charge on any atom is 0.0555 e. The van der Waals surface area contributed by atoms with Gasteiger partial charge in [0.15, 0.2) is 0 Å². The fourth-order valence-electron chi connectivity index (χ4n) is 1.57. The first-order valence-electron chi connectivity index (χ1n) is 5.18. The zero-order valence-electron chi connectivity index (χ0n) is 8.26. The molecule has 13 heavy (non-hydrogen) atoms. The van der Waals surface area contributed by atoms with Gasteiger partial charge in [-0.05, 0) is 19.5 Å². The largest absolute Gasteiger partial charge is 0.395 e. The standard InChI is InChI=1S/C9H21N3O/c13-9-5-10-2-1-6-12-7-3-11-4-8-12/h10-11,13H,1-9H2. The highest BCUT2D eigenvalue weighted by Crippen LogP contribution is 1.93. The van der Waals surface area contributed by atoms with Gasteiger partial charge in [0.25, 0.3) is 0 Å². The number of hydrogen-bond donors (Lipinski definition) is 3. The summed E-state index contributed by atoms with van der Waals surface area (Å²) in [5, 5.41) is 15.1. The summed E-state index contributed by atoms with van der Waals surface area (Å²) in [6.45, 7) is 7.79. The van der Waals surface area contributed by atoms with E-state index in [1.807, 2.05) is 0 Å². The molecule has 0 aromatic carbocycles. The minimum Gasteiger partial charge on any atom is -0.395 e. The van der Waals surface area contributed by atoms with Crippen molar-refractivity contribution in [1.82, 2.24) is 15.5 Å². The molecule has 0 aliphatic carbocycles. The highest BCUT2D eigenvalue weighted by molar-refractivity contribution is 4.67. The topological polar surface area (TPSA) is 47.5 Å². The van der Waals surface area contributed by atoms with Gasteiger partial charge < -0.3 is 20.6 Å². The third kappa shape index (κ3) is 5.21. The Hall–Kier alpha value is -0.160. The summed E-state index contributed by atoms with van der Waals surface area (Å²) < 4.78 is 0. The maximum atomic E-state index is 8.53. The number of piperazine rings is 1. The molecule has 1 fully saturated rings. The SMILES string of the molecule is OCCNCCCN1CCNCC1. The van der Waals surface area contributed by atoms with E-state index in [0.29, 0.717) is 0 Å². The predicted molar refractivity (Wildman–Crippen MR) is 53.9 cm³/mol. The van der Waals surface area contributed by atoms with Crippen molar-refractivity contribution in [3.05, 3.63) is 0 Å². The molecule has 0 amide bonds. The van der Waals surface area contributed by atoms with Crippen molar-refractivity contribution in [2.24, 2.45) is 0 Å². The average molecular weight is 187 g/mol. The Morgan fingerprint density at radius 3 is 2.69 bits per heavy atom. The molecular weight excluding hydrogens is 166 g/mol. The van der Waals surface area contributed by atoms with E-state index in [4.69, 9.17) is 5.11 Å². The highest BCUT2D eigenvalue weighted by atomic mass is 16.3. The minimum atomic E-state index is 0.244. The van der Waals surface area contributed by atoms with E-state index in [-0.39, 0.29) is 6.61 Å². The molecule has 1 heterocycles. The summed E-state index contributed by atoms with van der Waals surface area (Å²) in [5.41, 5.74) is 0. The molecule has 3 N–H and O–H groups in total. The Morgan fingerprint density at radius 1 is 1.23 bits per heavy atom. The van der Waals surface area contributed by atoms with Crippen LogP contribution in [-0.2, 0) is 0 Å². The van der Waals surface area contributed by atoms with Gasteiger partial charge in [0.1, 0.15) is 0 Å². The lowest BCUT2D eigenvalue weighted by molar-refractivity contribution is 0.236. The van der Waals surface area contributed by atoms with Crippen molar-refractivity contribution in [1.29, 1.82) is 0 Å². The second-order valence-electron chi connectivity index (χ2n) is 3.42. The molecular formula is C9H21N3O. The summed E-state index contributed by atoms with van der Waals surface area (Å²) in [4.78, 5) is 2.48. The van der Waals surface area contributed by atoms with Gasteiger partial charge in [-0.3, -0.25) is 0 Å². The van der Waals surface area contributed by atoms with Crippen molar-refractivity contribution >= 4 is 0 Å². The molecule has 1 rings (SSSR count). The molecule has 4 heteroatoms. The lowest BCUT2D eigenvalue weighted by Gasteiger charge is -2.27. The molecule has 4 nitrogen and oxygen atoms in total. The van der Waals surface area contributed by atoms with Crippen LogP contribution in [0.4, 0.5) is 0 Å². The normalized spacial score (nSPS) is 19.2. The van der Waals surface area contributed by atoms with E-state index < -0.39 is 0 Å². The summed E-state index contributed by atoms with van der Waals surface area (Å²) in [7, 11) is 0. The molecule has 0 aromatic rings. The Morgan fingerprint density at radius 2 is 2.00 bits per heavy atom. The average Bonchev–Trinajstić information content (AvgIpc) is 2.19. The molecule has 0 bridgehead atoms. The summed E-state index contributed by atoms with van der Waals surface area (Å²) >= 11 is 0. The van der Waals surface area contributed by atoms with Crippen molar-refractivity contribution < 1.29 is 5.11 Å². The quantitative estimate of drug-likeness (QED) is 0.460. The van der Waals surface area contributed by atoms with Gasteiger partial charge in [-0.15, -0.1) is 0 Å². The molecule has 0 aromatic heterocycles. The molecule has 1 saturated heterocycles. The Balaban J connectivity index is 1.86. The van der Waals surface area contributed by atoms with E-state index in [2.05, 4.69) is 15.5 Å². The zero-order valence-corrected chi connectivity index (χ0v) is 8.26. The molecule has 0 unspecified atom stereocenters. The first-order valence-corrected chi connectivity index (χ1v) is 5.18. The van der Waals surface area contributed by atoms with E-state index in [1.165, 1.54) is 26.1 Å².